The van der Waals surface area contributed by atoms with Crippen LogP contribution in [0.15, 0.2) is 29.2 Å². The maximum absolute atomic E-state index is 12.4. The van der Waals surface area contributed by atoms with Crippen molar-refractivity contribution in [3.05, 3.63) is 29.8 Å². The molecule has 0 bridgehead atoms. The van der Waals surface area contributed by atoms with Crippen molar-refractivity contribution in [1.82, 2.24) is 15.4 Å². The summed E-state index contributed by atoms with van der Waals surface area (Å²) in [6.45, 7) is 3.60. The highest BCUT2D eigenvalue weighted by atomic mass is 35.5. The average molecular weight is 348 g/mol. The Hall–Kier alpha value is -1.15. The molecule has 2 unspecified atom stereocenters. The third-order valence-corrected chi connectivity index (χ3v) is 5.29. The Balaban J connectivity index is 0.00000242. The van der Waals surface area contributed by atoms with Crippen LogP contribution >= 0.6 is 12.4 Å². The fourth-order valence-electron chi connectivity index (χ4n) is 2.34. The molecule has 22 heavy (non-hydrogen) atoms. The maximum atomic E-state index is 12.4. The van der Waals surface area contributed by atoms with Crippen LogP contribution in [-0.4, -0.2) is 40.5 Å². The van der Waals surface area contributed by atoms with E-state index in [2.05, 4.69) is 15.4 Å². The summed E-state index contributed by atoms with van der Waals surface area (Å²) in [7, 11) is -2.03. The lowest BCUT2D eigenvalue weighted by Gasteiger charge is -2.29. The quantitative estimate of drug-likeness (QED) is 0.750. The molecule has 6 nitrogen and oxygen atoms in total. The standard InChI is InChI=1S/C14H21N3O3S.ClH/c1-10-7-8-16-9-13(10)17-21(19,20)12-5-3-11(4-6-12)14(18)15-2;/h3-6,10,13,16-17H,7-9H2,1-2H3,(H,15,18);1H. The summed E-state index contributed by atoms with van der Waals surface area (Å²) in [4.78, 5) is 11.6. The topological polar surface area (TPSA) is 87.3 Å². The highest BCUT2D eigenvalue weighted by Crippen LogP contribution is 2.16. The highest BCUT2D eigenvalue weighted by Gasteiger charge is 2.26. The third kappa shape index (κ3) is 4.42. The van der Waals surface area contributed by atoms with Gasteiger partial charge in [0.15, 0.2) is 0 Å². The molecule has 1 aromatic rings. The van der Waals surface area contributed by atoms with Crippen LogP contribution in [0.4, 0.5) is 0 Å². The van der Waals surface area contributed by atoms with Gasteiger partial charge in [0, 0.05) is 25.2 Å². The van der Waals surface area contributed by atoms with Crippen LogP contribution in [0.3, 0.4) is 0 Å². The summed E-state index contributed by atoms with van der Waals surface area (Å²) in [6, 6.07) is 5.82. The van der Waals surface area contributed by atoms with E-state index in [9.17, 15) is 13.2 Å². The molecule has 1 aliphatic rings. The third-order valence-electron chi connectivity index (χ3n) is 3.79. The van der Waals surface area contributed by atoms with Crippen LogP contribution in [0.2, 0.25) is 0 Å². The normalized spacial score (nSPS) is 21.7. The minimum absolute atomic E-state index is 0. The smallest absolute Gasteiger partial charge is 0.251 e. The molecule has 1 saturated heterocycles. The first-order valence-corrected chi connectivity index (χ1v) is 8.47. The van der Waals surface area contributed by atoms with Crippen molar-refractivity contribution in [2.75, 3.05) is 20.1 Å². The van der Waals surface area contributed by atoms with Crippen LogP contribution in [0.25, 0.3) is 0 Å². The predicted octanol–water partition coefficient (Wildman–Crippen LogP) is 0.744. The van der Waals surface area contributed by atoms with Gasteiger partial charge in [0.05, 0.1) is 4.90 Å². The summed E-state index contributed by atoms with van der Waals surface area (Å²) in [5, 5.41) is 5.69. The Morgan fingerprint density at radius 1 is 1.27 bits per heavy atom. The SMILES string of the molecule is CNC(=O)c1ccc(S(=O)(=O)NC2CNCCC2C)cc1.Cl. The second kappa shape index (κ2) is 7.92. The van der Waals surface area contributed by atoms with Gasteiger partial charge in [0.2, 0.25) is 10.0 Å². The molecule has 124 valence electrons. The summed E-state index contributed by atoms with van der Waals surface area (Å²) in [5.41, 5.74) is 0.434. The molecule has 1 fully saturated rings. The zero-order valence-corrected chi connectivity index (χ0v) is 14.3. The maximum Gasteiger partial charge on any atom is 0.251 e. The summed E-state index contributed by atoms with van der Waals surface area (Å²) < 4.78 is 27.4. The lowest BCUT2D eigenvalue weighted by atomic mass is 9.96. The molecule has 1 amide bonds. The molecule has 1 aliphatic heterocycles. The Labute approximate surface area is 137 Å². The monoisotopic (exact) mass is 347 g/mol. The molecule has 3 N–H and O–H groups in total. The number of benzene rings is 1. The van der Waals surface area contributed by atoms with E-state index in [4.69, 9.17) is 0 Å². The Bertz CT molecular complexity index is 604. The number of rotatable bonds is 4. The van der Waals surface area contributed by atoms with Gasteiger partial charge in [0.1, 0.15) is 0 Å². The van der Waals surface area contributed by atoms with Crippen LogP contribution < -0.4 is 15.4 Å². The van der Waals surface area contributed by atoms with Crippen molar-refractivity contribution < 1.29 is 13.2 Å². The van der Waals surface area contributed by atoms with Gasteiger partial charge in [-0.1, -0.05) is 6.92 Å². The molecular formula is C14H22ClN3O3S. The van der Waals surface area contributed by atoms with Crippen LogP contribution in [-0.2, 0) is 10.0 Å². The Morgan fingerprint density at radius 2 is 1.91 bits per heavy atom. The van der Waals surface area contributed by atoms with E-state index in [0.29, 0.717) is 18.0 Å². The minimum atomic E-state index is -3.56. The van der Waals surface area contributed by atoms with E-state index >= 15 is 0 Å². The fourth-order valence-corrected chi connectivity index (χ4v) is 3.69. The lowest BCUT2D eigenvalue weighted by Crippen LogP contribution is -2.50. The van der Waals surface area contributed by atoms with E-state index in [-0.39, 0.29) is 29.3 Å². The second-order valence-electron chi connectivity index (χ2n) is 5.30. The summed E-state index contributed by atoms with van der Waals surface area (Å²) in [5.74, 6) is 0.0585. The molecule has 1 heterocycles. The predicted molar refractivity (Wildman–Crippen MR) is 87.8 cm³/mol. The van der Waals surface area contributed by atoms with Gasteiger partial charge in [-0.15, -0.1) is 12.4 Å². The van der Waals surface area contributed by atoms with E-state index in [1.807, 2.05) is 6.92 Å². The molecule has 2 rings (SSSR count). The number of hydrogen-bond acceptors (Lipinski definition) is 4. The van der Waals surface area contributed by atoms with E-state index in [0.717, 1.165) is 13.0 Å². The van der Waals surface area contributed by atoms with Crippen molar-refractivity contribution in [3.8, 4) is 0 Å². The highest BCUT2D eigenvalue weighted by molar-refractivity contribution is 7.89. The molecule has 0 aliphatic carbocycles. The lowest BCUT2D eigenvalue weighted by molar-refractivity contribution is 0.0963. The van der Waals surface area contributed by atoms with Crippen molar-refractivity contribution in [3.63, 3.8) is 0 Å². The number of carbonyl (C=O) groups is 1. The minimum Gasteiger partial charge on any atom is -0.355 e. The van der Waals surface area contributed by atoms with Gasteiger partial charge < -0.3 is 10.6 Å². The Kier molecular flexibility index (Phi) is 6.80. The number of hydrogen-bond donors (Lipinski definition) is 3. The number of amides is 1. The van der Waals surface area contributed by atoms with Gasteiger partial charge >= 0.3 is 0 Å². The van der Waals surface area contributed by atoms with E-state index in [1.54, 1.807) is 0 Å². The number of halogens is 1. The fraction of sp³-hybridized carbons (Fsp3) is 0.500. The molecule has 0 radical (unpaired) electrons. The number of nitrogens with one attached hydrogen (secondary N) is 3. The van der Waals surface area contributed by atoms with Gasteiger partial charge in [0.25, 0.3) is 5.91 Å². The molecule has 0 spiro atoms. The van der Waals surface area contributed by atoms with Crippen LogP contribution in [0.1, 0.15) is 23.7 Å². The van der Waals surface area contributed by atoms with Crippen LogP contribution in [0, 0.1) is 5.92 Å². The average Bonchev–Trinajstić information content (AvgIpc) is 2.49. The van der Waals surface area contributed by atoms with Gasteiger partial charge in [-0.2, -0.15) is 0 Å². The first-order valence-electron chi connectivity index (χ1n) is 6.99. The number of piperidine rings is 1. The molecule has 0 aromatic heterocycles. The largest absolute Gasteiger partial charge is 0.355 e. The molecule has 0 saturated carbocycles. The van der Waals surface area contributed by atoms with E-state index < -0.39 is 10.0 Å². The molecule has 1 aromatic carbocycles. The molecular weight excluding hydrogens is 326 g/mol. The zero-order chi connectivity index (χ0) is 15.5. The van der Waals surface area contributed by atoms with Crippen LogP contribution in [0.5, 0.6) is 0 Å². The number of sulfonamides is 1. The van der Waals surface area contributed by atoms with Crippen molar-refractivity contribution >= 4 is 28.3 Å². The van der Waals surface area contributed by atoms with Crippen molar-refractivity contribution in [1.29, 1.82) is 0 Å². The summed E-state index contributed by atoms with van der Waals surface area (Å²) >= 11 is 0. The van der Waals surface area contributed by atoms with Gasteiger partial charge in [-0.05, 0) is 43.1 Å². The van der Waals surface area contributed by atoms with Crippen molar-refractivity contribution in [2.45, 2.75) is 24.3 Å². The number of carbonyl (C=O) groups excluding carboxylic acids is 1. The van der Waals surface area contributed by atoms with E-state index in [1.165, 1.54) is 31.3 Å². The first-order chi connectivity index (χ1) is 9.94. The molecule has 8 heteroatoms. The molecule has 2 atom stereocenters. The zero-order valence-electron chi connectivity index (χ0n) is 12.6. The Morgan fingerprint density at radius 3 is 2.45 bits per heavy atom. The van der Waals surface area contributed by atoms with Gasteiger partial charge in [-0.25, -0.2) is 13.1 Å². The first kappa shape index (κ1) is 18.9. The van der Waals surface area contributed by atoms with Gasteiger partial charge in [-0.3, -0.25) is 4.79 Å². The second-order valence-corrected chi connectivity index (χ2v) is 7.02. The summed E-state index contributed by atoms with van der Waals surface area (Å²) in [6.07, 6.45) is 0.947. The van der Waals surface area contributed by atoms with Crippen molar-refractivity contribution in [2.24, 2.45) is 5.92 Å².